The third-order valence-electron chi connectivity index (χ3n) is 7.59. The Kier molecular flexibility index (Phi) is 7.77. The first-order valence-electron chi connectivity index (χ1n) is 14.2. The molecule has 6 heteroatoms. The van der Waals surface area contributed by atoms with Gasteiger partial charge in [-0.1, -0.05) is 67.9 Å². The Morgan fingerprint density at radius 2 is 1.53 bits per heavy atom. The number of aryl methyl sites for hydroxylation is 2. The Morgan fingerprint density at radius 3 is 2.33 bits per heavy atom. The second-order valence-electron chi connectivity index (χ2n) is 10.9. The van der Waals surface area contributed by atoms with E-state index in [1.54, 1.807) is 0 Å². The summed E-state index contributed by atoms with van der Waals surface area (Å²) in [7, 11) is 0. The molecule has 0 saturated carbocycles. The zero-order valence-electron chi connectivity index (χ0n) is 24.4. The van der Waals surface area contributed by atoms with Gasteiger partial charge in [-0.25, -0.2) is 4.98 Å². The van der Waals surface area contributed by atoms with Gasteiger partial charge >= 0.3 is 21.1 Å². The first-order chi connectivity index (χ1) is 20.5. The van der Waals surface area contributed by atoms with Crippen molar-refractivity contribution in [3.63, 3.8) is 0 Å². The van der Waals surface area contributed by atoms with Crippen LogP contribution in [0.3, 0.4) is 0 Å². The summed E-state index contributed by atoms with van der Waals surface area (Å²) in [6, 6.07) is 39.9. The van der Waals surface area contributed by atoms with Crippen LogP contribution in [0.4, 0.5) is 0 Å². The molecule has 0 aliphatic rings. The van der Waals surface area contributed by atoms with Gasteiger partial charge in [0, 0.05) is 28.8 Å². The fraction of sp³-hybridized carbons (Fsp3) is 0.135. The Morgan fingerprint density at radius 1 is 0.767 bits per heavy atom. The molecule has 0 atom stereocenters. The van der Waals surface area contributed by atoms with Crippen LogP contribution >= 0.6 is 0 Å². The number of pyridine rings is 1. The summed E-state index contributed by atoms with van der Waals surface area (Å²) in [5.41, 5.74) is 8.45. The number of hydrogen-bond acceptors (Lipinski definition) is 3. The summed E-state index contributed by atoms with van der Waals surface area (Å²) >= 11 is 0. The molecular formula is C37H30N4OPt. The third-order valence-corrected chi connectivity index (χ3v) is 7.59. The van der Waals surface area contributed by atoms with Crippen LogP contribution in [0, 0.1) is 26.0 Å². The number of ether oxygens (including phenoxy) is 1. The van der Waals surface area contributed by atoms with E-state index in [1.807, 2.05) is 47.3 Å². The molecule has 0 radical (unpaired) electrons. The molecule has 4 aromatic carbocycles. The van der Waals surface area contributed by atoms with Gasteiger partial charge in [-0.2, -0.15) is 17.2 Å². The van der Waals surface area contributed by atoms with Crippen molar-refractivity contribution in [3.05, 3.63) is 132 Å². The van der Waals surface area contributed by atoms with E-state index in [9.17, 15) is 0 Å². The Labute approximate surface area is 266 Å². The van der Waals surface area contributed by atoms with Gasteiger partial charge in [0.15, 0.2) is 0 Å². The van der Waals surface area contributed by atoms with Crippen molar-refractivity contribution in [1.82, 2.24) is 19.3 Å². The summed E-state index contributed by atoms with van der Waals surface area (Å²) in [6.07, 6.45) is 1.84. The first-order valence-corrected chi connectivity index (χ1v) is 14.2. The molecule has 0 fully saturated rings. The van der Waals surface area contributed by atoms with Gasteiger partial charge in [0.2, 0.25) is 0 Å². The van der Waals surface area contributed by atoms with E-state index in [2.05, 4.69) is 110 Å². The molecule has 5 nitrogen and oxygen atoms in total. The van der Waals surface area contributed by atoms with E-state index in [1.165, 1.54) is 11.1 Å². The number of rotatable bonds is 6. The maximum Gasteiger partial charge on any atom is 2.00 e. The van der Waals surface area contributed by atoms with Crippen molar-refractivity contribution >= 4 is 21.8 Å². The number of para-hydroxylation sites is 1. The van der Waals surface area contributed by atoms with Crippen LogP contribution in [0.1, 0.15) is 36.7 Å². The SMILES string of the molecule is Cc1ccnc(-n2c3[c-]c(Oc4[c-]c(-n5nc(C)c(-c6ccccc6)c5C(C)C)ccc4)ccc3c3ccccc32)c1.[Pt+2]. The Hall–Kier alpha value is -4.47. The second kappa shape index (κ2) is 11.7. The fourth-order valence-electron chi connectivity index (χ4n) is 5.78. The van der Waals surface area contributed by atoms with Gasteiger partial charge in [0.1, 0.15) is 5.82 Å². The van der Waals surface area contributed by atoms with Crippen LogP contribution < -0.4 is 4.74 Å². The minimum atomic E-state index is 0. The maximum absolute atomic E-state index is 6.40. The summed E-state index contributed by atoms with van der Waals surface area (Å²) in [5, 5.41) is 7.20. The van der Waals surface area contributed by atoms with E-state index in [4.69, 9.17) is 9.84 Å². The van der Waals surface area contributed by atoms with Crippen molar-refractivity contribution in [1.29, 1.82) is 0 Å². The zero-order valence-corrected chi connectivity index (χ0v) is 26.7. The molecule has 7 rings (SSSR count). The molecule has 3 aromatic heterocycles. The van der Waals surface area contributed by atoms with Crippen molar-refractivity contribution in [2.24, 2.45) is 0 Å². The largest absolute Gasteiger partial charge is 2.00 e. The molecule has 0 bridgehead atoms. The normalized spacial score (nSPS) is 11.3. The van der Waals surface area contributed by atoms with Crippen molar-refractivity contribution < 1.29 is 25.8 Å². The Bertz CT molecular complexity index is 2070. The van der Waals surface area contributed by atoms with Crippen molar-refractivity contribution in [2.75, 3.05) is 0 Å². The maximum atomic E-state index is 6.40. The zero-order chi connectivity index (χ0) is 28.8. The molecule has 3 heterocycles. The molecule has 0 aliphatic carbocycles. The van der Waals surface area contributed by atoms with Gasteiger partial charge in [0.05, 0.1) is 11.4 Å². The van der Waals surface area contributed by atoms with E-state index in [0.29, 0.717) is 11.5 Å². The molecule has 0 amide bonds. The molecule has 214 valence electrons. The van der Waals surface area contributed by atoms with Crippen molar-refractivity contribution in [2.45, 2.75) is 33.6 Å². The van der Waals surface area contributed by atoms with Crippen molar-refractivity contribution in [3.8, 4) is 34.1 Å². The van der Waals surface area contributed by atoms with Crippen LogP contribution in [0.2, 0.25) is 0 Å². The second-order valence-corrected chi connectivity index (χ2v) is 10.9. The average Bonchev–Trinajstić information content (AvgIpc) is 3.52. The van der Waals surface area contributed by atoms with Crippen LogP contribution in [-0.4, -0.2) is 19.3 Å². The standard InChI is InChI=1S/C37H30N4O.Pt/c1-24(2)37-36(27-11-6-5-7-12-27)26(4)39-41(37)28-13-10-14-29(22-28)42-30-17-18-32-31-15-8-9-16-33(31)40(34(32)23-30)35-21-25(3)19-20-38-35;/h5-21,24H,1-4H3;/q-2;+2. The predicted octanol–water partition coefficient (Wildman–Crippen LogP) is 9.16. The van der Waals surface area contributed by atoms with Crippen LogP contribution in [0.25, 0.3) is 44.4 Å². The first kappa shape index (κ1) is 28.6. The summed E-state index contributed by atoms with van der Waals surface area (Å²) in [6.45, 7) is 8.55. The number of aromatic nitrogens is 4. The molecule has 43 heavy (non-hydrogen) atoms. The predicted molar refractivity (Wildman–Crippen MR) is 169 cm³/mol. The van der Waals surface area contributed by atoms with Gasteiger partial charge in [0.25, 0.3) is 0 Å². The van der Waals surface area contributed by atoms with E-state index in [0.717, 1.165) is 50.3 Å². The van der Waals surface area contributed by atoms with Crippen LogP contribution in [0.5, 0.6) is 11.5 Å². The van der Waals surface area contributed by atoms with E-state index in [-0.39, 0.29) is 27.0 Å². The fourth-order valence-corrected chi connectivity index (χ4v) is 5.78. The van der Waals surface area contributed by atoms with Gasteiger partial charge in [-0.3, -0.25) is 4.68 Å². The van der Waals surface area contributed by atoms with Gasteiger partial charge in [-0.15, -0.1) is 35.7 Å². The number of fused-ring (bicyclic) bond motifs is 3. The molecule has 7 aromatic rings. The molecule has 0 unspecified atom stereocenters. The average molecular weight is 742 g/mol. The smallest absolute Gasteiger partial charge is 0.509 e. The number of nitrogens with zero attached hydrogens (tertiary/aromatic N) is 4. The topological polar surface area (TPSA) is 44.9 Å². The molecule has 0 saturated heterocycles. The van der Waals surface area contributed by atoms with E-state index >= 15 is 0 Å². The quantitative estimate of drug-likeness (QED) is 0.160. The molecular weight excluding hydrogens is 712 g/mol. The molecule has 0 N–H and O–H groups in total. The van der Waals surface area contributed by atoms with Gasteiger partial charge < -0.3 is 9.30 Å². The van der Waals surface area contributed by atoms with Gasteiger partial charge in [-0.05, 0) is 60.2 Å². The molecule has 0 aliphatic heterocycles. The third kappa shape index (κ3) is 5.19. The summed E-state index contributed by atoms with van der Waals surface area (Å²) in [5.74, 6) is 2.32. The Balaban J connectivity index is 0.00000329. The minimum Gasteiger partial charge on any atom is -0.509 e. The molecule has 0 spiro atoms. The van der Waals surface area contributed by atoms with Crippen LogP contribution in [0.15, 0.2) is 103 Å². The minimum absolute atomic E-state index is 0. The number of hydrogen-bond donors (Lipinski definition) is 0. The summed E-state index contributed by atoms with van der Waals surface area (Å²) < 4.78 is 10.5. The summed E-state index contributed by atoms with van der Waals surface area (Å²) in [4.78, 5) is 4.68. The monoisotopic (exact) mass is 741 g/mol. The number of benzene rings is 4. The van der Waals surface area contributed by atoms with Crippen LogP contribution in [-0.2, 0) is 21.1 Å². The van der Waals surface area contributed by atoms with E-state index < -0.39 is 0 Å².